The van der Waals surface area contributed by atoms with Gasteiger partial charge in [0.25, 0.3) is 0 Å². The summed E-state index contributed by atoms with van der Waals surface area (Å²) in [6.07, 6.45) is 0. The van der Waals surface area contributed by atoms with Crippen LogP contribution in [0.25, 0.3) is 11.3 Å². The number of hydrogen-bond acceptors (Lipinski definition) is 3. The van der Waals surface area contributed by atoms with Gasteiger partial charge in [0.2, 0.25) is 0 Å². The Kier molecular flexibility index (Phi) is 3.89. The van der Waals surface area contributed by atoms with E-state index in [4.69, 9.17) is 16.7 Å². The lowest BCUT2D eigenvalue weighted by Crippen LogP contribution is -2.20. The molecule has 96 valence electrons. The fourth-order valence-corrected chi connectivity index (χ4v) is 1.79. The van der Waals surface area contributed by atoms with Crippen molar-refractivity contribution in [3.05, 3.63) is 35.4 Å². The highest BCUT2D eigenvalue weighted by molar-refractivity contribution is 6.30. The first kappa shape index (κ1) is 12.9. The lowest BCUT2D eigenvalue weighted by Gasteiger charge is -2.11. The summed E-state index contributed by atoms with van der Waals surface area (Å²) in [5, 5.41) is 17.4. The van der Waals surface area contributed by atoms with Gasteiger partial charge in [0.15, 0.2) is 0 Å². The van der Waals surface area contributed by atoms with Crippen molar-refractivity contribution in [3.63, 3.8) is 0 Å². The van der Waals surface area contributed by atoms with Crippen LogP contribution < -0.4 is 5.32 Å². The minimum absolute atomic E-state index is 0.00142. The third-order valence-corrected chi connectivity index (χ3v) is 2.94. The Morgan fingerprint density at radius 1 is 1.39 bits per heavy atom. The summed E-state index contributed by atoms with van der Waals surface area (Å²) in [5.74, 6) is 0.876. The van der Waals surface area contributed by atoms with Gasteiger partial charge in [0.1, 0.15) is 5.82 Å². The fraction of sp³-hybridized carbons (Fsp3) is 0.308. The van der Waals surface area contributed by atoms with Crippen LogP contribution >= 0.6 is 11.6 Å². The normalized spacial score (nSPS) is 12.4. The number of benzene rings is 1. The van der Waals surface area contributed by atoms with E-state index in [2.05, 4.69) is 10.4 Å². The Morgan fingerprint density at radius 2 is 2.06 bits per heavy atom. The van der Waals surface area contributed by atoms with Gasteiger partial charge in [-0.15, -0.1) is 0 Å². The quantitative estimate of drug-likeness (QED) is 0.893. The van der Waals surface area contributed by atoms with Gasteiger partial charge in [-0.25, -0.2) is 0 Å². The van der Waals surface area contributed by atoms with E-state index in [1.165, 1.54) is 0 Å². The number of aliphatic hydroxyl groups is 1. The van der Waals surface area contributed by atoms with Crippen molar-refractivity contribution in [1.82, 2.24) is 9.78 Å². The van der Waals surface area contributed by atoms with Crippen LogP contribution in [0.15, 0.2) is 30.3 Å². The SMILES string of the molecule is CC(CO)Nc1cc(-c2ccc(Cl)cc2)nn1C. The number of hydrogen-bond donors (Lipinski definition) is 2. The highest BCUT2D eigenvalue weighted by Gasteiger charge is 2.09. The Balaban J connectivity index is 2.25. The molecule has 1 aromatic carbocycles. The molecule has 2 N–H and O–H groups in total. The fourth-order valence-electron chi connectivity index (χ4n) is 1.66. The molecule has 2 rings (SSSR count). The van der Waals surface area contributed by atoms with Crippen LogP contribution in [0.1, 0.15) is 6.92 Å². The average Bonchev–Trinajstić information content (AvgIpc) is 2.71. The topological polar surface area (TPSA) is 50.1 Å². The van der Waals surface area contributed by atoms with Crippen LogP contribution in [-0.4, -0.2) is 27.5 Å². The van der Waals surface area contributed by atoms with Crippen molar-refractivity contribution in [2.24, 2.45) is 7.05 Å². The molecule has 0 saturated heterocycles. The van der Waals surface area contributed by atoms with E-state index < -0.39 is 0 Å². The first-order valence-corrected chi connectivity index (χ1v) is 6.15. The van der Waals surface area contributed by atoms with Gasteiger partial charge >= 0.3 is 0 Å². The van der Waals surface area contributed by atoms with Crippen molar-refractivity contribution >= 4 is 17.4 Å². The predicted octanol–water partition coefficient (Wildman–Crippen LogP) is 2.53. The third-order valence-electron chi connectivity index (χ3n) is 2.69. The molecule has 0 aliphatic carbocycles. The van der Waals surface area contributed by atoms with Crippen LogP contribution in [0, 0.1) is 0 Å². The van der Waals surface area contributed by atoms with E-state index in [0.717, 1.165) is 17.1 Å². The van der Waals surface area contributed by atoms with Gasteiger partial charge in [-0.05, 0) is 19.1 Å². The molecule has 1 heterocycles. The van der Waals surface area contributed by atoms with Crippen LogP contribution in [0.5, 0.6) is 0 Å². The summed E-state index contributed by atoms with van der Waals surface area (Å²) in [6.45, 7) is 2.00. The Labute approximate surface area is 111 Å². The highest BCUT2D eigenvalue weighted by Crippen LogP contribution is 2.23. The summed E-state index contributed by atoms with van der Waals surface area (Å²) in [7, 11) is 1.87. The molecule has 0 bridgehead atoms. The smallest absolute Gasteiger partial charge is 0.124 e. The summed E-state index contributed by atoms with van der Waals surface area (Å²) in [5.41, 5.74) is 1.89. The van der Waals surface area contributed by atoms with Crippen LogP contribution in [0.4, 0.5) is 5.82 Å². The van der Waals surface area contributed by atoms with E-state index in [1.54, 1.807) is 4.68 Å². The van der Waals surface area contributed by atoms with Gasteiger partial charge in [0.05, 0.1) is 12.3 Å². The van der Waals surface area contributed by atoms with Gasteiger partial charge in [-0.1, -0.05) is 23.7 Å². The number of nitrogens with one attached hydrogen (secondary N) is 1. The summed E-state index contributed by atoms with van der Waals surface area (Å²) in [4.78, 5) is 0. The second kappa shape index (κ2) is 5.42. The van der Waals surface area contributed by atoms with Crippen molar-refractivity contribution in [1.29, 1.82) is 0 Å². The molecule has 18 heavy (non-hydrogen) atoms. The second-order valence-corrected chi connectivity index (χ2v) is 4.71. The average molecular weight is 266 g/mol. The first-order valence-electron chi connectivity index (χ1n) is 5.77. The molecule has 0 aliphatic rings. The Bertz CT molecular complexity index is 522. The van der Waals surface area contributed by atoms with Gasteiger partial charge in [-0.2, -0.15) is 5.10 Å². The number of aliphatic hydroxyl groups excluding tert-OH is 1. The van der Waals surface area contributed by atoms with Gasteiger partial charge < -0.3 is 10.4 Å². The summed E-state index contributed by atoms with van der Waals surface area (Å²) < 4.78 is 1.76. The molecule has 0 amide bonds. The molecule has 1 aromatic heterocycles. The van der Waals surface area contributed by atoms with Crippen molar-refractivity contribution in [2.45, 2.75) is 13.0 Å². The van der Waals surface area contributed by atoms with Crippen LogP contribution in [0.2, 0.25) is 5.02 Å². The minimum Gasteiger partial charge on any atom is -0.394 e. The maximum absolute atomic E-state index is 9.03. The summed E-state index contributed by atoms with van der Waals surface area (Å²) in [6, 6.07) is 9.51. The molecule has 1 unspecified atom stereocenters. The maximum Gasteiger partial charge on any atom is 0.124 e. The van der Waals surface area contributed by atoms with E-state index in [1.807, 2.05) is 44.3 Å². The van der Waals surface area contributed by atoms with Crippen molar-refractivity contribution in [3.8, 4) is 11.3 Å². The van der Waals surface area contributed by atoms with E-state index in [0.29, 0.717) is 5.02 Å². The number of aryl methyl sites for hydroxylation is 1. The maximum atomic E-state index is 9.03. The van der Waals surface area contributed by atoms with Crippen LogP contribution in [-0.2, 0) is 7.05 Å². The number of anilines is 1. The number of nitrogens with zero attached hydrogens (tertiary/aromatic N) is 2. The zero-order valence-electron chi connectivity index (χ0n) is 10.4. The first-order chi connectivity index (χ1) is 8.60. The molecule has 0 saturated carbocycles. The molecule has 0 radical (unpaired) electrons. The summed E-state index contributed by atoms with van der Waals surface area (Å²) >= 11 is 5.86. The molecule has 2 aromatic rings. The van der Waals surface area contributed by atoms with E-state index in [-0.39, 0.29) is 12.6 Å². The number of aromatic nitrogens is 2. The predicted molar refractivity (Wildman–Crippen MR) is 73.8 cm³/mol. The number of rotatable bonds is 4. The molecule has 5 heteroatoms. The minimum atomic E-state index is -0.00142. The molecule has 0 spiro atoms. The van der Waals surface area contributed by atoms with E-state index in [9.17, 15) is 0 Å². The molecule has 1 atom stereocenters. The largest absolute Gasteiger partial charge is 0.394 e. The molecular formula is C13H16ClN3O. The van der Waals surface area contributed by atoms with Crippen molar-refractivity contribution < 1.29 is 5.11 Å². The van der Waals surface area contributed by atoms with Gasteiger partial charge in [-0.3, -0.25) is 4.68 Å². The molecule has 0 fully saturated rings. The lowest BCUT2D eigenvalue weighted by molar-refractivity contribution is 0.281. The van der Waals surface area contributed by atoms with Gasteiger partial charge in [0, 0.05) is 29.7 Å². The van der Waals surface area contributed by atoms with E-state index >= 15 is 0 Å². The van der Waals surface area contributed by atoms with Crippen LogP contribution in [0.3, 0.4) is 0 Å². The highest BCUT2D eigenvalue weighted by atomic mass is 35.5. The zero-order chi connectivity index (χ0) is 13.1. The molecule has 4 nitrogen and oxygen atoms in total. The second-order valence-electron chi connectivity index (χ2n) is 4.27. The Morgan fingerprint density at radius 3 is 2.67 bits per heavy atom. The Hall–Kier alpha value is -1.52. The van der Waals surface area contributed by atoms with Crippen molar-refractivity contribution in [2.75, 3.05) is 11.9 Å². The standard InChI is InChI=1S/C13H16ClN3O/c1-9(8-18)15-13-7-12(16-17(13)2)10-3-5-11(14)6-4-10/h3-7,9,15,18H,8H2,1-2H3. The molecule has 0 aliphatic heterocycles. The third kappa shape index (κ3) is 2.83. The monoisotopic (exact) mass is 265 g/mol. The lowest BCUT2D eigenvalue weighted by atomic mass is 10.1. The zero-order valence-corrected chi connectivity index (χ0v) is 11.1. The molecular weight excluding hydrogens is 250 g/mol. The number of halogens is 1.